The number of nitrogens with zero attached hydrogens (tertiary/aromatic N) is 1. The molecule has 3 heteroatoms. The van der Waals surface area contributed by atoms with Crippen LogP contribution >= 0.6 is 0 Å². The van der Waals surface area contributed by atoms with Crippen LogP contribution in [0.1, 0.15) is 25.8 Å². The molecule has 0 fully saturated rings. The predicted octanol–water partition coefficient (Wildman–Crippen LogP) is 3.02. The van der Waals surface area contributed by atoms with Gasteiger partial charge in [-0.3, -0.25) is 0 Å². The number of nitrogens with one attached hydrogen (secondary N) is 1. The van der Waals surface area contributed by atoms with Gasteiger partial charge in [-0.15, -0.1) is 0 Å². The lowest BCUT2D eigenvalue weighted by molar-refractivity contribution is 0.416. The summed E-state index contributed by atoms with van der Waals surface area (Å²) in [6.07, 6.45) is 1.07. The van der Waals surface area contributed by atoms with E-state index >= 15 is 0 Å². The third-order valence-corrected chi connectivity index (χ3v) is 2.39. The molecule has 0 radical (unpaired) electrons. The van der Waals surface area contributed by atoms with Crippen molar-refractivity contribution in [1.29, 1.82) is 5.26 Å². The third kappa shape index (κ3) is 3.16. The number of anilines is 1. The van der Waals surface area contributed by atoms with Crippen LogP contribution < -0.4 is 10.1 Å². The third-order valence-electron chi connectivity index (χ3n) is 2.39. The van der Waals surface area contributed by atoms with Crippen molar-refractivity contribution in [1.82, 2.24) is 0 Å². The minimum atomic E-state index is 0.628. The number of nitriles is 1. The Morgan fingerprint density at radius 3 is 2.75 bits per heavy atom. The molecule has 0 saturated carbocycles. The summed E-state index contributed by atoms with van der Waals surface area (Å²) in [7, 11) is 1.62. The highest BCUT2D eigenvalue weighted by molar-refractivity contribution is 5.66. The van der Waals surface area contributed by atoms with Crippen molar-refractivity contribution in [2.45, 2.75) is 20.3 Å². The monoisotopic (exact) mass is 218 g/mol. The van der Waals surface area contributed by atoms with E-state index in [1.54, 1.807) is 13.2 Å². The van der Waals surface area contributed by atoms with Gasteiger partial charge in [0.2, 0.25) is 0 Å². The summed E-state index contributed by atoms with van der Waals surface area (Å²) >= 11 is 0. The predicted molar refractivity (Wildman–Crippen MR) is 65.7 cm³/mol. The molecule has 0 bridgehead atoms. The molecular formula is C13H18N2O. The van der Waals surface area contributed by atoms with Crippen molar-refractivity contribution in [2.24, 2.45) is 5.92 Å². The number of hydrogen-bond acceptors (Lipinski definition) is 3. The molecule has 0 aliphatic carbocycles. The first-order valence-electron chi connectivity index (χ1n) is 5.50. The van der Waals surface area contributed by atoms with Crippen LogP contribution in [0.5, 0.6) is 5.75 Å². The zero-order valence-electron chi connectivity index (χ0n) is 10.1. The van der Waals surface area contributed by atoms with E-state index in [9.17, 15) is 0 Å². The van der Waals surface area contributed by atoms with E-state index in [1.165, 1.54) is 0 Å². The molecule has 0 aliphatic rings. The number of para-hydroxylation sites is 1. The van der Waals surface area contributed by atoms with Crippen molar-refractivity contribution in [2.75, 3.05) is 19.0 Å². The van der Waals surface area contributed by atoms with Gasteiger partial charge < -0.3 is 10.1 Å². The van der Waals surface area contributed by atoms with Gasteiger partial charge in [0.05, 0.1) is 18.4 Å². The number of rotatable bonds is 5. The first-order chi connectivity index (χ1) is 7.69. The molecule has 0 saturated heterocycles. The molecular weight excluding hydrogens is 200 g/mol. The average Bonchev–Trinajstić information content (AvgIpc) is 2.28. The van der Waals surface area contributed by atoms with Crippen LogP contribution in [0.25, 0.3) is 0 Å². The van der Waals surface area contributed by atoms with Crippen molar-refractivity contribution in [3.8, 4) is 11.8 Å². The SMILES string of the molecule is COc1cccc(C#N)c1NCCC(C)C. The highest BCUT2D eigenvalue weighted by atomic mass is 16.5. The summed E-state index contributed by atoms with van der Waals surface area (Å²) in [5.74, 6) is 1.37. The maximum absolute atomic E-state index is 9.00. The van der Waals surface area contributed by atoms with Crippen LogP contribution in [-0.4, -0.2) is 13.7 Å². The molecule has 0 amide bonds. The lowest BCUT2D eigenvalue weighted by Gasteiger charge is -2.13. The second-order valence-corrected chi connectivity index (χ2v) is 4.10. The summed E-state index contributed by atoms with van der Waals surface area (Å²) in [6, 6.07) is 7.64. The van der Waals surface area contributed by atoms with E-state index < -0.39 is 0 Å². The summed E-state index contributed by atoms with van der Waals surface area (Å²) in [5.41, 5.74) is 1.43. The Morgan fingerprint density at radius 2 is 2.19 bits per heavy atom. The van der Waals surface area contributed by atoms with Crippen LogP contribution in [-0.2, 0) is 0 Å². The number of hydrogen-bond donors (Lipinski definition) is 1. The molecule has 0 aliphatic heterocycles. The van der Waals surface area contributed by atoms with E-state index in [0.717, 1.165) is 24.4 Å². The van der Waals surface area contributed by atoms with Crippen LogP contribution in [0, 0.1) is 17.2 Å². The molecule has 1 aromatic rings. The van der Waals surface area contributed by atoms with Crippen LogP contribution in [0.4, 0.5) is 5.69 Å². The maximum Gasteiger partial charge on any atom is 0.143 e. The van der Waals surface area contributed by atoms with Gasteiger partial charge in [-0.25, -0.2) is 0 Å². The Balaban J connectivity index is 2.80. The normalized spacial score (nSPS) is 9.94. The Labute approximate surface area is 97.0 Å². The number of methoxy groups -OCH3 is 1. The van der Waals surface area contributed by atoms with Gasteiger partial charge in [-0.1, -0.05) is 19.9 Å². The van der Waals surface area contributed by atoms with Gasteiger partial charge in [0, 0.05) is 6.54 Å². The zero-order valence-corrected chi connectivity index (χ0v) is 10.1. The minimum Gasteiger partial charge on any atom is -0.495 e. The fourth-order valence-corrected chi connectivity index (χ4v) is 1.46. The van der Waals surface area contributed by atoms with E-state index in [2.05, 4.69) is 25.2 Å². The van der Waals surface area contributed by atoms with Gasteiger partial charge in [-0.05, 0) is 24.5 Å². The average molecular weight is 218 g/mol. The van der Waals surface area contributed by atoms with Crippen LogP contribution in [0.15, 0.2) is 18.2 Å². The van der Waals surface area contributed by atoms with Gasteiger partial charge in [-0.2, -0.15) is 5.26 Å². The van der Waals surface area contributed by atoms with Gasteiger partial charge >= 0.3 is 0 Å². The zero-order chi connectivity index (χ0) is 12.0. The molecule has 0 atom stereocenters. The fourth-order valence-electron chi connectivity index (χ4n) is 1.46. The highest BCUT2D eigenvalue weighted by Crippen LogP contribution is 2.27. The number of benzene rings is 1. The Bertz CT molecular complexity index is 380. The van der Waals surface area contributed by atoms with Crippen LogP contribution in [0.2, 0.25) is 0 Å². The molecule has 1 N–H and O–H groups in total. The Kier molecular flexibility index (Phi) is 4.65. The molecule has 0 heterocycles. The maximum atomic E-state index is 9.00. The molecule has 1 rings (SSSR count). The molecule has 0 unspecified atom stereocenters. The minimum absolute atomic E-state index is 0.628. The Hall–Kier alpha value is -1.69. The first kappa shape index (κ1) is 12.4. The van der Waals surface area contributed by atoms with E-state index in [1.807, 2.05) is 12.1 Å². The number of ether oxygens (including phenoxy) is 1. The van der Waals surface area contributed by atoms with Crippen LogP contribution in [0.3, 0.4) is 0 Å². The molecule has 3 nitrogen and oxygen atoms in total. The molecule has 86 valence electrons. The largest absolute Gasteiger partial charge is 0.495 e. The lowest BCUT2D eigenvalue weighted by Crippen LogP contribution is -2.07. The molecule has 16 heavy (non-hydrogen) atoms. The van der Waals surface area contributed by atoms with E-state index in [0.29, 0.717) is 11.5 Å². The van der Waals surface area contributed by atoms with E-state index in [-0.39, 0.29) is 0 Å². The molecule has 1 aromatic carbocycles. The quantitative estimate of drug-likeness (QED) is 0.826. The Morgan fingerprint density at radius 1 is 1.44 bits per heavy atom. The second-order valence-electron chi connectivity index (χ2n) is 4.10. The fraction of sp³-hybridized carbons (Fsp3) is 0.462. The van der Waals surface area contributed by atoms with E-state index in [4.69, 9.17) is 10.00 Å². The molecule has 0 spiro atoms. The summed E-state index contributed by atoms with van der Waals surface area (Å²) in [5, 5.41) is 12.3. The summed E-state index contributed by atoms with van der Waals surface area (Å²) in [6.45, 7) is 5.21. The first-order valence-corrected chi connectivity index (χ1v) is 5.50. The van der Waals surface area contributed by atoms with Crippen molar-refractivity contribution in [3.63, 3.8) is 0 Å². The van der Waals surface area contributed by atoms with Crippen molar-refractivity contribution in [3.05, 3.63) is 23.8 Å². The van der Waals surface area contributed by atoms with Gasteiger partial charge in [0.25, 0.3) is 0 Å². The van der Waals surface area contributed by atoms with Gasteiger partial charge in [0.15, 0.2) is 0 Å². The smallest absolute Gasteiger partial charge is 0.143 e. The van der Waals surface area contributed by atoms with Crippen molar-refractivity contribution >= 4 is 5.69 Å². The molecule has 0 aromatic heterocycles. The van der Waals surface area contributed by atoms with Crippen molar-refractivity contribution < 1.29 is 4.74 Å². The summed E-state index contributed by atoms with van der Waals surface area (Å²) in [4.78, 5) is 0. The van der Waals surface area contributed by atoms with Gasteiger partial charge in [0.1, 0.15) is 11.8 Å². The highest BCUT2D eigenvalue weighted by Gasteiger charge is 2.07. The summed E-state index contributed by atoms with van der Waals surface area (Å²) < 4.78 is 5.23. The standard InChI is InChI=1S/C13H18N2O/c1-10(2)7-8-15-13-11(9-14)5-4-6-12(13)16-3/h4-6,10,15H,7-8H2,1-3H3. The topological polar surface area (TPSA) is 45.0 Å². The lowest BCUT2D eigenvalue weighted by atomic mass is 10.1. The second kappa shape index (κ2) is 6.02.